The van der Waals surface area contributed by atoms with Gasteiger partial charge in [-0.05, 0) is 55.0 Å². The van der Waals surface area contributed by atoms with Crippen molar-refractivity contribution in [1.82, 2.24) is 19.7 Å². The predicted octanol–water partition coefficient (Wildman–Crippen LogP) is 6.87. The predicted molar refractivity (Wildman–Crippen MR) is 125 cm³/mol. The Morgan fingerprint density at radius 1 is 1.06 bits per heavy atom. The van der Waals surface area contributed by atoms with Gasteiger partial charge in [0.25, 0.3) is 5.89 Å². The first-order valence-corrected chi connectivity index (χ1v) is 11.1. The van der Waals surface area contributed by atoms with Gasteiger partial charge in [-0.2, -0.15) is 18.2 Å². The average Bonchev–Trinajstić information content (AvgIpc) is 3.44. The molecule has 5 aromatic rings. The van der Waals surface area contributed by atoms with Crippen LogP contribution in [0.4, 0.5) is 13.2 Å². The number of hydrogen-bond acceptors (Lipinski definition) is 5. The van der Waals surface area contributed by atoms with E-state index in [0.29, 0.717) is 39.5 Å². The number of ether oxygens (including phenoxy) is 1. The summed E-state index contributed by atoms with van der Waals surface area (Å²) >= 11 is 5.96. The second kappa shape index (κ2) is 9.07. The van der Waals surface area contributed by atoms with Gasteiger partial charge in [0.1, 0.15) is 17.1 Å². The van der Waals surface area contributed by atoms with Gasteiger partial charge >= 0.3 is 6.18 Å². The fraction of sp³-hybridized carbons (Fsp3) is 0.160. The smallest absolute Gasteiger partial charge is 0.432 e. The fourth-order valence-electron chi connectivity index (χ4n) is 3.97. The zero-order valence-electron chi connectivity index (χ0n) is 18.4. The van der Waals surface area contributed by atoms with Crippen molar-refractivity contribution in [3.05, 3.63) is 83.1 Å². The summed E-state index contributed by atoms with van der Waals surface area (Å²) in [6.07, 6.45) is -3.18. The van der Waals surface area contributed by atoms with E-state index in [9.17, 15) is 13.2 Å². The van der Waals surface area contributed by atoms with Gasteiger partial charge in [0.2, 0.25) is 5.82 Å². The molecule has 3 aromatic heterocycles. The first-order chi connectivity index (χ1) is 16.8. The molecule has 5 rings (SSSR count). The third-order valence-electron chi connectivity index (χ3n) is 5.40. The summed E-state index contributed by atoms with van der Waals surface area (Å²) in [4.78, 5) is 8.41. The van der Waals surface area contributed by atoms with Crippen LogP contribution >= 0.6 is 11.6 Å². The number of aromatic nitrogens is 4. The van der Waals surface area contributed by atoms with Crippen LogP contribution in [0.1, 0.15) is 18.2 Å². The lowest BCUT2D eigenvalue weighted by Gasteiger charge is -2.14. The van der Waals surface area contributed by atoms with E-state index in [0.717, 1.165) is 0 Å². The molecule has 0 atom stereocenters. The summed E-state index contributed by atoms with van der Waals surface area (Å²) < 4.78 is 55.9. The molecule has 0 radical (unpaired) electrons. The molecule has 0 aliphatic heterocycles. The van der Waals surface area contributed by atoms with E-state index in [4.69, 9.17) is 20.9 Å². The van der Waals surface area contributed by atoms with E-state index < -0.39 is 11.9 Å². The van der Waals surface area contributed by atoms with Crippen molar-refractivity contribution in [2.24, 2.45) is 0 Å². The molecule has 10 heteroatoms. The number of fused-ring (bicyclic) bond motifs is 1. The summed E-state index contributed by atoms with van der Waals surface area (Å²) in [6, 6.07) is 16.6. The van der Waals surface area contributed by atoms with Gasteiger partial charge in [-0.3, -0.25) is 4.98 Å². The molecule has 2 aromatic carbocycles. The summed E-state index contributed by atoms with van der Waals surface area (Å²) in [7, 11) is 0. The maximum atomic E-state index is 14.6. The monoisotopic (exact) mass is 498 g/mol. The van der Waals surface area contributed by atoms with E-state index in [-0.39, 0.29) is 23.8 Å². The highest BCUT2D eigenvalue weighted by Gasteiger charge is 2.41. The Kier molecular flexibility index (Phi) is 5.94. The number of benzene rings is 2. The zero-order chi connectivity index (χ0) is 24.6. The van der Waals surface area contributed by atoms with Crippen LogP contribution < -0.4 is 4.74 Å². The summed E-state index contributed by atoms with van der Waals surface area (Å²) in [5.74, 6) is 0.270. The number of hydrogen-bond donors (Lipinski definition) is 0. The van der Waals surface area contributed by atoms with Crippen molar-refractivity contribution in [2.45, 2.75) is 19.6 Å². The van der Waals surface area contributed by atoms with Crippen LogP contribution in [0.15, 0.2) is 71.4 Å². The third-order valence-corrected chi connectivity index (χ3v) is 5.65. The van der Waals surface area contributed by atoms with Gasteiger partial charge in [-0.15, -0.1) is 0 Å². The first kappa shape index (κ1) is 22.9. The molecule has 0 amide bonds. The van der Waals surface area contributed by atoms with Crippen LogP contribution in [-0.4, -0.2) is 26.3 Å². The SMILES string of the molecule is CCOc1ccc2c(c1)c(-c1noc(-c3ccccn3)n1)c(C(F)(F)F)n2Cc1ccc(Cl)cc1. The molecule has 3 heterocycles. The highest BCUT2D eigenvalue weighted by Crippen LogP contribution is 2.44. The molecule has 0 saturated carbocycles. The van der Waals surface area contributed by atoms with Crippen molar-refractivity contribution in [1.29, 1.82) is 0 Å². The lowest BCUT2D eigenvalue weighted by molar-refractivity contribution is -0.142. The number of rotatable bonds is 6. The second-order valence-corrected chi connectivity index (χ2v) is 8.12. The highest BCUT2D eigenvalue weighted by molar-refractivity contribution is 6.30. The summed E-state index contributed by atoms with van der Waals surface area (Å²) in [5, 5.41) is 4.69. The number of pyridine rings is 1. The lowest BCUT2D eigenvalue weighted by atomic mass is 10.1. The minimum absolute atomic E-state index is 0.0216. The maximum absolute atomic E-state index is 14.6. The average molecular weight is 499 g/mol. The van der Waals surface area contributed by atoms with Gasteiger partial charge in [0, 0.05) is 28.7 Å². The van der Waals surface area contributed by atoms with Crippen molar-refractivity contribution < 1.29 is 22.4 Å². The fourth-order valence-corrected chi connectivity index (χ4v) is 4.09. The molecule has 6 nitrogen and oxygen atoms in total. The van der Waals surface area contributed by atoms with Crippen LogP contribution in [-0.2, 0) is 12.7 Å². The van der Waals surface area contributed by atoms with Crippen LogP contribution in [0, 0.1) is 0 Å². The quantitative estimate of drug-likeness (QED) is 0.255. The Bertz CT molecular complexity index is 1480. The topological polar surface area (TPSA) is 66.0 Å². The van der Waals surface area contributed by atoms with E-state index in [1.54, 1.807) is 67.6 Å². The van der Waals surface area contributed by atoms with Gasteiger partial charge in [0.15, 0.2) is 0 Å². The minimum atomic E-state index is -4.71. The molecule has 0 spiro atoms. The maximum Gasteiger partial charge on any atom is 0.432 e. The van der Waals surface area contributed by atoms with Gasteiger partial charge < -0.3 is 13.8 Å². The molecule has 178 valence electrons. The second-order valence-electron chi connectivity index (χ2n) is 7.68. The molecule has 0 bridgehead atoms. The normalized spacial score (nSPS) is 11.8. The van der Waals surface area contributed by atoms with E-state index in [1.165, 1.54) is 10.8 Å². The van der Waals surface area contributed by atoms with Crippen LogP contribution in [0.25, 0.3) is 33.9 Å². The highest BCUT2D eigenvalue weighted by atomic mass is 35.5. The lowest BCUT2D eigenvalue weighted by Crippen LogP contribution is -2.15. The Morgan fingerprint density at radius 3 is 2.54 bits per heavy atom. The van der Waals surface area contributed by atoms with E-state index in [2.05, 4.69) is 15.1 Å². The Balaban J connectivity index is 1.76. The Labute approximate surface area is 202 Å². The molecule has 0 saturated heterocycles. The van der Waals surface area contributed by atoms with E-state index >= 15 is 0 Å². The van der Waals surface area contributed by atoms with Crippen LogP contribution in [0.2, 0.25) is 5.02 Å². The molecular weight excluding hydrogens is 481 g/mol. The molecule has 0 unspecified atom stereocenters. The van der Waals surface area contributed by atoms with Gasteiger partial charge in [-0.1, -0.05) is 35.0 Å². The van der Waals surface area contributed by atoms with Crippen molar-refractivity contribution in [2.75, 3.05) is 6.61 Å². The Morgan fingerprint density at radius 2 is 1.86 bits per heavy atom. The van der Waals surface area contributed by atoms with Crippen molar-refractivity contribution >= 4 is 22.5 Å². The summed E-state index contributed by atoms with van der Waals surface area (Å²) in [5.41, 5.74) is 0.299. The summed E-state index contributed by atoms with van der Waals surface area (Å²) in [6.45, 7) is 2.13. The third kappa shape index (κ3) is 4.46. The zero-order valence-corrected chi connectivity index (χ0v) is 19.1. The number of alkyl halides is 3. The first-order valence-electron chi connectivity index (χ1n) is 10.7. The molecule has 0 aliphatic rings. The van der Waals surface area contributed by atoms with Crippen molar-refractivity contribution in [3.8, 4) is 28.7 Å². The Hall–Kier alpha value is -3.85. The molecule has 35 heavy (non-hydrogen) atoms. The van der Waals surface area contributed by atoms with Gasteiger partial charge in [-0.25, -0.2) is 0 Å². The van der Waals surface area contributed by atoms with E-state index in [1.807, 2.05) is 0 Å². The van der Waals surface area contributed by atoms with Crippen LogP contribution in [0.5, 0.6) is 5.75 Å². The number of halogens is 4. The largest absolute Gasteiger partial charge is 0.494 e. The molecule has 0 aliphatic carbocycles. The molecule has 0 N–H and O–H groups in total. The number of nitrogens with zero attached hydrogens (tertiary/aromatic N) is 4. The van der Waals surface area contributed by atoms with Gasteiger partial charge in [0.05, 0.1) is 12.2 Å². The minimum Gasteiger partial charge on any atom is -0.494 e. The molecular formula is C25H18ClF3N4O2. The standard InChI is InChI=1S/C25H18ClF3N4O2/c1-2-34-17-10-11-20-18(13-17)21(23-31-24(35-32-23)19-5-3-4-12-30-19)22(25(27,28)29)33(20)14-15-6-8-16(26)9-7-15/h3-13H,2,14H2,1H3. The van der Waals surface area contributed by atoms with Crippen LogP contribution in [0.3, 0.4) is 0 Å². The molecule has 0 fully saturated rings. The van der Waals surface area contributed by atoms with Crippen molar-refractivity contribution in [3.63, 3.8) is 0 Å².